The molecular weight excluding hydrogens is 320 g/mol. The van der Waals surface area contributed by atoms with Gasteiger partial charge < -0.3 is 4.90 Å². The van der Waals surface area contributed by atoms with Crippen molar-refractivity contribution in [3.63, 3.8) is 0 Å². The molecule has 2 aromatic rings. The third kappa shape index (κ3) is 3.88. The first kappa shape index (κ1) is 16.8. The summed E-state index contributed by atoms with van der Waals surface area (Å²) in [6.07, 6.45) is 8.64. The second-order valence-corrected chi connectivity index (χ2v) is 5.97. The maximum absolute atomic E-state index is 12.2. The highest BCUT2D eigenvalue weighted by Crippen LogP contribution is 2.20. The maximum Gasteiger partial charge on any atom is 0.273 e. The topological polar surface area (TPSA) is 89.2 Å². The predicted molar refractivity (Wildman–Crippen MR) is 94.7 cm³/mol. The zero-order chi connectivity index (χ0) is 17.8. The number of carbonyl (C=O) groups is 1. The number of aromatic nitrogens is 2. The van der Waals surface area contributed by atoms with E-state index in [1.807, 2.05) is 0 Å². The van der Waals surface area contributed by atoms with Crippen LogP contribution in [0.25, 0.3) is 6.08 Å². The zero-order valence-corrected chi connectivity index (χ0v) is 13.9. The Hall–Kier alpha value is -3.09. The molecule has 0 radical (unpaired) electrons. The van der Waals surface area contributed by atoms with Crippen LogP contribution < -0.4 is 4.90 Å². The lowest BCUT2D eigenvalue weighted by Gasteiger charge is -2.14. The van der Waals surface area contributed by atoms with E-state index in [-0.39, 0.29) is 17.0 Å². The summed E-state index contributed by atoms with van der Waals surface area (Å²) in [6, 6.07) is 4.46. The average Bonchev–Trinajstić information content (AvgIpc) is 3.15. The first-order valence-electron chi connectivity index (χ1n) is 8.09. The smallest absolute Gasteiger partial charge is 0.273 e. The molecule has 1 fully saturated rings. The molecule has 1 aromatic heterocycles. The number of hydrogen-bond donors (Lipinski definition) is 0. The minimum atomic E-state index is -0.485. The van der Waals surface area contributed by atoms with Crippen LogP contribution in [-0.4, -0.2) is 33.8 Å². The van der Waals surface area contributed by atoms with Crippen LogP contribution in [0.15, 0.2) is 36.7 Å². The molecule has 7 heteroatoms. The van der Waals surface area contributed by atoms with Crippen LogP contribution in [0.1, 0.15) is 34.3 Å². The van der Waals surface area contributed by atoms with E-state index in [2.05, 4.69) is 14.9 Å². The second-order valence-electron chi connectivity index (χ2n) is 5.97. The first-order valence-corrected chi connectivity index (χ1v) is 8.09. The lowest BCUT2D eigenvalue weighted by atomic mass is 10.1. The molecule has 0 saturated carbocycles. The molecule has 25 heavy (non-hydrogen) atoms. The van der Waals surface area contributed by atoms with Gasteiger partial charge in [0.15, 0.2) is 5.78 Å². The lowest BCUT2D eigenvalue weighted by molar-refractivity contribution is -0.385. The number of allylic oxidation sites excluding steroid dienone is 1. The Morgan fingerprint density at radius 3 is 2.56 bits per heavy atom. The molecule has 0 bridgehead atoms. The molecule has 0 N–H and O–H groups in total. The summed E-state index contributed by atoms with van der Waals surface area (Å²) in [7, 11) is 0. The van der Waals surface area contributed by atoms with Gasteiger partial charge >= 0.3 is 0 Å². The van der Waals surface area contributed by atoms with Gasteiger partial charge in [0.05, 0.1) is 4.92 Å². The number of benzene rings is 1. The van der Waals surface area contributed by atoms with Crippen molar-refractivity contribution in [3.8, 4) is 0 Å². The highest BCUT2D eigenvalue weighted by atomic mass is 16.6. The summed E-state index contributed by atoms with van der Waals surface area (Å²) < 4.78 is 0. The summed E-state index contributed by atoms with van der Waals surface area (Å²) in [5.74, 6) is 0.404. The zero-order valence-electron chi connectivity index (χ0n) is 13.9. The van der Waals surface area contributed by atoms with Crippen molar-refractivity contribution < 1.29 is 9.72 Å². The van der Waals surface area contributed by atoms with Crippen molar-refractivity contribution in [2.45, 2.75) is 19.8 Å². The number of carbonyl (C=O) groups excluding carboxylic acids is 1. The van der Waals surface area contributed by atoms with Crippen LogP contribution in [0.4, 0.5) is 11.6 Å². The number of ketones is 1. The van der Waals surface area contributed by atoms with E-state index < -0.39 is 4.92 Å². The molecule has 0 spiro atoms. The number of aryl methyl sites for hydroxylation is 1. The molecule has 0 amide bonds. The SMILES string of the molecule is Cc1ccc(C(=O)/C=C\c2cnc(N3CCCC3)nc2)cc1[N+](=O)[O-]. The molecule has 0 unspecified atom stereocenters. The third-order valence-electron chi connectivity index (χ3n) is 4.16. The Labute approximate surface area is 145 Å². The maximum atomic E-state index is 12.2. The molecule has 0 aliphatic carbocycles. The van der Waals surface area contributed by atoms with Gasteiger partial charge in [0.25, 0.3) is 5.69 Å². The van der Waals surface area contributed by atoms with Gasteiger partial charge in [-0.3, -0.25) is 14.9 Å². The summed E-state index contributed by atoms with van der Waals surface area (Å²) in [4.78, 5) is 33.5. The Morgan fingerprint density at radius 2 is 1.92 bits per heavy atom. The fourth-order valence-corrected chi connectivity index (χ4v) is 2.73. The van der Waals surface area contributed by atoms with E-state index in [0.29, 0.717) is 17.1 Å². The summed E-state index contributed by atoms with van der Waals surface area (Å²) in [6.45, 7) is 3.58. The number of anilines is 1. The van der Waals surface area contributed by atoms with Gasteiger partial charge in [-0.25, -0.2) is 9.97 Å². The van der Waals surface area contributed by atoms with Crippen molar-refractivity contribution >= 4 is 23.5 Å². The van der Waals surface area contributed by atoms with Gasteiger partial charge in [-0.05, 0) is 31.9 Å². The standard InChI is InChI=1S/C18H18N4O3/c1-13-4-6-15(10-16(13)22(24)25)17(23)7-5-14-11-19-18(20-12-14)21-8-2-3-9-21/h4-7,10-12H,2-3,8-9H2,1H3/b7-5-. The molecule has 128 valence electrons. The van der Waals surface area contributed by atoms with Gasteiger partial charge in [-0.15, -0.1) is 0 Å². The summed E-state index contributed by atoms with van der Waals surface area (Å²) in [5.41, 5.74) is 1.45. The second kappa shape index (κ2) is 7.21. The van der Waals surface area contributed by atoms with Gasteiger partial charge in [0, 0.05) is 48.2 Å². The molecule has 1 aliphatic heterocycles. The number of nitro benzene ring substituents is 1. The van der Waals surface area contributed by atoms with Gasteiger partial charge in [0.1, 0.15) is 0 Å². The van der Waals surface area contributed by atoms with E-state index in [1.165, 1.54) is 12.1 Å². The summed E-state index contributed by atoms with van der Waals surface area (Å²) in [5, 5.41) is 11.0. The Morgan fingerprint density at radius 1 is 1.24 bits per heavy atom. The highest BCUT2D eigenvalue weighted by molar-refractivity contribution is 6.07. The third-order valence-corrected chi connectivity index (χ3v) is 4.16. The Kier molecular flexibility index (Phi) is 4.83. The van der Waals surface area contributed by atoms with Crippen molar-refractivity contribution in [2.75, 3.05) is 18.0 Å². The normalized spacial score (nSPS) is 14.2. The predicted octanol–water partition coefficient (Wildman–Crippen LogP) is 3.19. The quantitative estimate of drug-likeness (QED) is 0.360. The lowest BCUT2D eigenvalue weighted by Crippen LogP contribution is -2.20. The minimum absolute atomic E-state index is 0.0578. The molecular formula is C18H18N4O3. The Bertz CT molecular complexity index is 825. The summed E-state index contributed by atoms with van der Waals surface area (Å²) >= 11 is 0. The molecule has 1 saturated heterocycles. The Balaban J connectivity index is 1.72. The van der Waals surface area contributed by atoms with Gasteiger partial charge in [-0.2, -0.15) is 0 Å². The molecule has 2 heterocycles. The van der Waals surface area contributed by atoms with Crippen LogP contribution in [0, 0.1) is 17.0 Å². The van der Waals surface area contributed by atoms with Crippen molar-refractivity contribution in [1.82, 2.24) is 9.97 Å². The van der Waals surface area contributed by atoms with Crippen LogP contribution in [0.5, 0.6) is 0 Å². The molecule has 3 rings (SSSR count). The highest BCUT2D eigenvalue weighted by Gasteiger charge is 2.15. The minimum Gasteiger partial charge on any atom is -0.341 e. The fourth-order valence-electron chi connectivity index (χ4n) is 2.73. The van der Waals surface area contributed by atoms with Gasteiger partial charge in [0.2, 0.25) is 5.95 Å². The van der Waals surface area contributed by atoms with E-state index in [1.54, 1.807) is 37.5 Å². The monoisotopic (exact) mass is 338 g/mol. The molecule has 1 aliphatic rings. The van der Waals surface area contributed by atoms with Crippen molar-refractivity contribution in [3.05, 3.63) is 63.5 Å². The van der Waals surface area contributed by atoms with Crippen LogP contribution >= 0.6 is 0 Å². The molecule has 7 nitrogen and oxygen atoms in total. The van der Waals surface area contributed by atoms with Crippen LogP contribution in [0.3, 0.4) is 0 Å². The van der Waals surface area contributed by atoms with E-state index >= 15 is 0 Å². The number of rotatable bonds is 5. The van der Waals surface area contributed by atoms with Gasteiger partial charge in [-0.1, -0.05) is 12.1 Å². The average molecular weight is 338 g/mol. The molecule has 0 atom stereocenters. The van der Waals surface area contributed by atoms with Crippen LogP contribution in [-0.2, 0) is 0 Å². The van der Waals surface area contributed by atoms with E-state index in [9.17, 15) is 14.9 Å². The first-order chi connectivity index (χ1) is 12.0. The van der Waals surface area contributed by atoms with E-state index in [4.69, 9.17) is 0 Å². The van der Waals surface area contributed by atoms with Crippen LogP contribution in [0.2, 0.25) is 0 Å². The largest absolute Gasteiger partial charge is 0.341 e. The number of hydrogen-bond acceptors (Lipinski definition) is 6. The van der Waals surface area contributed by atoms with Crippen molar-refractivity contribution in [2.24, 2.45) is 0 Å². The molecule has 1 aromatic carbocycles. The number of nitro groups is 1. The number of nitrogens with zero attached hydrogens (tertiary/aromatic N) is 4. The van der Waals surface area contributed by atoms with Crippen molar-refractivity contribution in [1.29, 1.82) is 0 Å². The fraction of sp³-hybridized carbons (Fsp3) is 0.278. The van der Waals surface area contributed by atoms with E-state index in [0.717, 1.165) is 25.9 Å².